The summed E-state index contributed by atoms with van der Waals surface area (Å²) < 4.78 is 14.4. The number of nitrogens with zero attached hydrogens (tertiary/aromatic N) is 2. The molecule has 0 radical (unpaired) electrons. The van der Waals surface area contributed by atoms with Crippen LogP contribution in [0, 0.1) is 11.2 Å². The molecule has 4 rings (SSSR count). The molecule has 26 heavy (non-hydrogen) atoms. The van der Waals surface area contributed by atoms with Gasteiger partial charge in [0.25, 0.3) is 0 Å². The molecule has 3 aliphatic rings. The predicted octanol–water partition coefficient (Wildman–Crippen LogP) is 3.60. The van der Waals surface area contributed by atoms with Crippen molar-refractivity contribution in [2.75, 3.05) is 24.5 Å². The van der Waals surface area contributed by atoms with Crippen LogP contribution >= 0.6 is 11.6 Å². The lowest BCUT2D eigenvalue weighted by atomic mass is 9.78. The van der Waals surface area contributed by atoms with E-state index < -0.39 is 0 Å². The number of benzene rings is 1. The minimum absolute atomic E-state index is 0.212. The molecule has 6 heteroatoms. The second kappa shape index (κ2) is 7.01. The molecule has 3 fully saturated rings. The van der Waals surface area contributed by atoms with Crippen molar-refractivity contribution in [2.45, 2.75) is 57.1 Å². The number of hydrogen-bond acceptors (Lipinski definition) is 3. The van der Waals surface area contributed by atoms with Gasteiger partial charge in [-0.1, -0.05) is 11.6 Å². The van der Waals surface area contributed by atoms with Gasteiger partial charge in [-0.15, -0.1) is 0 Å². The predicted molar refractivity (Wildman–Crippen MR) is 99.9 cm³/mol. The molecule has 0 bridgehead atoms. The molecule has 1 aromatic rings. The van der Waals surface area contributed by atoms with Crippen LogP contribution in [-0.4, -0.2) is 47.7 Å². The Balaban J connectivity index is 1.50. The van der Waals surface area contributed by atoms with Crippen LogP contribution in [0.2, 0.25) is 5.02 Å². The van der Waals surface area contributed by atoms with Crippen LogP contribution in [0.3, 0.4) is 0 Å². The summed E-state index contributed by atoms with van der Waals surface area (Å²) in [5, 5.41) is 10.1. The van der Waals surface area contributed by atoms with Crippen LogP contribution in [0.1, 0.15) is 44.9 Å². The van der Waals surface area contributed by atoms with Crippen molar-refractivity contribution in [3.8, 4) is 0 Å². The van der Waals surface area contributed by atoms with E-state index >= 15 is 0 Å². The number of aliphatic hydroxyl groups excluding tert-OH is 1. The van der Waals surface area contributed by atoms with Gasteiger partial charge >= 0.3 is 0 Å². The van der Waals surface area contributed by atoms with E-state index in [1.165, 1.54) is 6.07 Å². The molecule has 2 heterocycles. The molecule has 0 aromatic heterocycles. The van der Waals surface area contributed by atoms with Crippen molar-refractivity contribution in [1.29, 1.82) is 0 Å². The Bertz CT molecular complexity index is 692. The van der Waals surface area contributed by atoms with E-state index in [0.29, 0.717) is 17.3 Å². The third-order valence-electron chi connectivity index (χ3n) is 6.48. The molecule has 142 valence electrons. The van der Waals surface area contributed by atoms with Crippen LogP contribution in [0.15, 0.2) is 18.2 Å². The Morgan fingerprint density at radius 3 is 2.65 bits per heavy atom. The average Bonchev–Trinajstić information content (AvgIpc) is 2.92. The van der Waals surface area contributed by atoms with E-state index in [-0.39, 0.29) is 29.3 Å². The van der Waals surface area contributed by atoms with Gasteiger partial charge in [-0.2, -0.15) is 0 Å². The lowest BCUT2D eigenvalue weighted by Gasteiger charge is -2.41. The Hall–Kier alpha value is -1.33. The molecule has 1 aromatic carbocycles. The maximum atomic E-state index is 14.4. The van der Waals surface area contributed by atoms with E-state index in [1.807, 2.05) is 9.80 Å². The SMILES string of the molecule is O=C1N(C2CCC(O)CC2)CC[C@]12CCCN(c1ccc(Cl)cc1F)C2. The lowest BCUT2D eigenvalue weighted by Crippen LogP contribution is -2.50. The maximum absolute atomic E-state index is 14.4. The maximum Gasteiger partial charge on any atom is 0.230 e. The van der Waals surface area contributed by atoms with Crippen LogP contribution < -0.4 is 4.90 Å². The summed E-state index contributed by atoms with van der Waals surface area (Å²) in [6, 6.07) is 5.02. The molecule has 1 spiro atoms. The van der Waals surface area contributed by atoms with E-state index in [0.717, 1.165) is 58.0 Å². The summed E-state index contributed by atoms with van der Waals surface area (Å²) in [5.41, 5.74) is 0.154. The van der Waals surface area contributed by atoms with Gasteiger partial charge in [-0.05, 0) is 63.1 Å². The van der Waals surface area contributed by atoms with E-state index in [2.05, 4.69) is 0 Å². The molecule has 2 saturated heterocycles. The quantitative estimate of drug-likeness (QED) is 0.852. The number of halogens is 2. The molecular formula is C20H26ClFN2O2. The largest absolute Gasteiger partial charge is 0.393 e. The van der Waals surface area contributed by atoms with Crippen molar-refractivity contribution in [1.82, 2.24) is 4.90 Å². The van der Waals surface area contributed by atoms with Gasteiger partial charge in [0, 0.05) is 30.7 Å². The smallest absolute Gasteiger partial charge is 0.230 e. The Labute approximate surface area is 158 Å². The van der Waals surface area contributed by atoms with Gasteiger partial charge in [0.15, 0.2) is 0 Å². The summed E-state index contributed by atoms with van der Waals surface area (Å²) in [6.07, 6.45) is 5.74. The molecule has 1 N–H and O–H groups in total. The van der Waals surface area contributed by atoms with Crippen molar-refractivity contribution in [2.24, 2.45) is 5.41 Å². The average molecular weight is 381 g/mol. The Morgan fingerprint density at radius 2 is 1.92 bits per heavy atom. The summed E-state index contributed by atoms with van der Waals surface area (Å²) in [7, 11) is 0. The standard InChI is InChI=1S/C20H26ClFN2O2/c21-14-2-7-18(17(22)12-14)23-10-1-8-20(13-23)9-11-24(19(20)26)15-3-5-16(25)6-4-15/h2,7,12,15-16,25H,1,3-6,8-11,13H2/t15?,16?,20-/m0/s1. The highest BCUT2D eigenvalue weighted by molar-refractivity contribution is 6.30. The van der Waals surface area contributed by atoms with Crippen LogP contribution in [0.4, 0.5) is 10.1 Å². The number of aliphatic hydroxyl groups is 1. The second-order valence-electron chi connectivity index (χ2n) is 8.11. The third kappa shape index (κ3) is 3.20. The third-order valence-corrected chi connectivity index (χ3v) is 6.72. The highest BCUT2D eigenvalue weighted by Gasteiger charge is 2.50. The zero-order valence-electron chi connectivity index (χ0n) is 15.0. The number of carbonyl (C=O) groups excluding carboxylic acids is 1. The highest BCUT2D eigenvalue weighted by atomic mass is 35.5. The van der Waals surface area contributed by atoms with E-state index in [4.69, 9.17) is 11.6 Å². The molecule has 4 nitrogen and oxygen atoms in total. The van der Waals surface area contributed by atoms with Gasteiger partial charge in [0.2, 0.25) is 5.91 Å². The summed E-state index contributed by atoms with van der Waals surface area (Å²) >= 11 is 5.88. The Morgan fingerprint density at radius 1 is 1.15 bits per heavy atom. The second-order valence-corrected chi connectivity index (χ2v) is 8.55. The number of anilines is 1. The van der Waals surface area contributed by atoms with Gasteiger partial charge in [-0.3, -0.25) is 4.79 Å². The van der Waals surface area contributed by atoms with Crippen LogP contribution in [0.25, 0.3) is 0 Å². The number of piperidine rings is 1. The fraction of sp³-hybridized carbons (Fsp3) is 0.650. The van der Waals surface area contributed by atoms with Gasteiger partial charge in [0.1, 0.15) is 5.82 Å². The molecular weight excluding hydrogens is 355 g/mol. The molecule has 1 atom stereocenters. The van der Waals surface area contributed by atoms with Gasteiger partial charge in [-0.25, -0.2) is 4.39 Å². The van der Waals surface area contributed by atoms with Crippen molar-refractivity contribution < 1.29 is 14.3 Å². The van der Waals surface area contributed by atoms with Crippen molar-refractivity contribution in [3.63, 3.8) is 0 Å². The molecule has 1 amide bonds. The number of rotatable bonds is 2. The van der Waals surface area contributed by atoms with Crippen molar-refractivity contribution >= 4 is 23.2 Å². The Kier molecular flexibility index (Phi) is 4.86. The summed E-state index contributed by atoms with van der Waals surface area (Å²) in [5.74, 6) is -0.0870. The lowest BCUT2D eigenvalue weighted by molar-refractivity contribution is -0.139. The zero-order valence-corrected chi connectivity index (χ0v) is 15.7. The minimum atomic E-state index is -0.389. The van der Waals surface area contributed by atoms with Gasteiger partial charge in [0.05, 0.1) is 17.2 Å². The number of likely N-dealkylation sites (tertiary alicyclic amines) is 1. The van der Waals surface area contributed by atoms with Gasteiger partial charge < -0.3 is 14.9 Å². The molecule has 1 aliphatic carbocycles. The van der Waals surface area contributed by atoms with E-state index in [1.54, 1.807) is 12.1 Å². The summed E-state index contributed by atoms with van der Waals surface area (Å²) in [6.45, 7) is 2.13. The monoisotopic (exact) mass is 380 g/mol. The first-order chi connectivity index (χ1) is 12.5. The molecule has 2 aliphatic heterocycles. The molecule has 1 saturated carbocycles. The number of amides is 1. The number of carbonyl (C=O) groups is 1. The number of hydrogen-bond donors (Lipinski definition) is 1. The molecule has 0 unspecified atom stereocenters. The first kappa shape index (κ1) is 18.1. The fourth-order valence-electron chi connectivity index (χ4n) is 5.02. The first-order valence-electron chi connectivity index (χ1n) is 9.68. The minimum Gasteiger partial charge on any atom is -0.393 e. The highest BCUT2D eigenvalue weighted by Crippen LogP contribution is 2.43. The topological polar surface area (TPSA) is 43.8 Å². The van der Waals surface area contributed by atoms with Crippen LogP contribution in [0.5, 0.6) is 0 Å². The van der Waals surface area contributed by atoms with E-state index in [9.17, 15) is 14.3 Å². The van der Waals surface area contributed by atoms with Crippen molar-refractivity contribution in [3.05, 3.63) is 29.0 Å². The fourth-order valence-corrected chi connectivity index (χ4v) is 5.18. The normalized spacial score (nSPS) is 32.5. The zero-order chi connectivity index (χ0) is 18.3. The van der Waals surface area contributed by atoms with Crippen LogP contribution in [-0.2, 0) is 4.79 Å². The first-order valence-corrected chi connectivity index (χ1v) is 10.1. The summed E-state index contributed by atoms with van der Waals surface area (Å²) in [4.78, 5) is 17.4.